The number of ketones is 1. The quantitative estimate of drug-likeness (QED) is 0.0124. The predicted molar refractivity (Wildman–Crippen MR) is 436 cm³/mol. The summed E-state index contributed by atoms with van der Waals surface area (Å²) in [6, 6.07) is 22.6. The molecule has 5 aromatic carbocycles. The van der Waals surface area contributed by atoms with Gasteiger partial charge in [-0.15, -0.1) is 0 Å². The summed E-state index contributed by atoms with van der Waals surface area (Å²) in [6.07, 6.45) is -4.76. The highest BCUT2D eigenvalue weighted by Gasteiger charge is 2.47. The van der Waals surface area contributed by atoms with Crippen LogP contribution in [0.4, 0.5) is 38.5 Å². The highest BCUT2D eigenvalue weighted by molar-refractivity contribution is 8.08. The number of carbonyl (C=O) groups is 9. The number of pyridine rings is 2. The molecule has 29 nitrogen and oxygen atoms in total. The van der Waals surface area contributed by atoms with E-state index in [-0.39, 0.29) is 130 Å². The maximum Gasteiger partial charge on any atom is 0.418 e. The van der Waals surface area contributed by atoms with Gasteiger partial charge in [-0.05, 0) is 152 Å². The van der Waals surface area contributed by atoms with Crippen LogP contribution in [-0.4, -0.2) is 189 Å². The molecule has 0 bridgehead atoms. The van der Waals surface area contributed by atoms with Gasteiger partial charge in [-0.3, -0.25) is 38.4 Å². The summed E-state index contributed by atoms with van der Waals surface area (Å²) >= 11 is 1.72. The van der Waals surface area contributed by atoms with Crippen LogP contribution in [0.15, 0.2) is 140 Å². The van der Waals surface area contributed by atoms with Gasteiger partial charge >= 0.3 is 18.3 Å². The van der Waals surface area contributed by atoms with Crippen LogP contribution in [0.2, 0.25) is 0 Å². The molecule has 7 N–H and O–H groups in total. The van der Waals surface area contributed by atoms with Crippen molar-refractivity contribution in [1.29, 1.82) is 0 Å². The van der Waals surface area contributed by atoms with Gasteiger partial charge in [0, 0.05) is 94.2 Å². The first-order chi connectivity index (χ1) is 58.1. The van der Waals surface area contributed by atoms with Crippen molar-refractivity contribution in [3.63, 3.8) is 0 Å². The van der Waals surface area contributed by atoms with Crippen molar-refractivity contribution in [2.75, 3.05) is 116 Å². The lowest BCUT2D eigenvalue weighted by Gasteiger charge is -2.35. The number of nitrogens with zero attached hydrogens (tertiary/aromatic N) is 5. The number of amides is 9. The van der Waals surface area contributed by atoms with Crippen LogP contribution in [0, 0.1) is 24.6 Å². The third kappa shape index (κ3) is 20.1. The second kappa shape index (κ2) is 38.8. The number of morpholine rings is 2. The van der Waals surface area contributed by atoms with Gasteiger partial charge in [-0.2, -0.15) is 13.2 Å². The minimum atomic E-state index is -5.09. The number of nitrogens with one attached hydrogen (secondary N) is 4. The van der Waals surface area contributed by atoms with Gasteiger partial charge in [-0.1, -0.05) is 63.0 Å². The van der Waals surface area contributed by atoms with Crippen molar-refractivity contribution >= 4 is 99.2 Å². The van der Waals surface area contributed by atoms with Crippen LogP contribution in [0.1, 0.15) is 124 Å². The number of halogens is 4. The fraction of sp³-hybridized carbons (Fsp3) is 0.407. The first-order valence-corrected chi connectivity index (χ1v) is 41.4. The molecule has 2 saturated heterocycles. The zero-order valence-electron chi connectivity index (χ0n) is 66.9. The number of ether oxygens (including phenoxy) is 8. The molecule has 121 heavy (non-hydrogen) atoms. The maximum atomic E-state index is 15.6. The number of alkyl halides is 3. The zero-order valence-corrected chi connectivity index (χ0v) is 68.6. The van der Waals surface area contributed by atoms with Crippen molar-refractivity contribution in [3.05, 3.63) is 197 Å². The Labute approximate surface area is 701 Å². The van der Waals surface area contributed by atoms with Crippen LogP contribution < -0.4 is 42.2 Å². The number of rotatable bonds is 34. The Bertz CT molecular complexity index is 5160. The van der Waals surface area contributed by atoms with Crippen LogP contribution in [0.5, 0.6) is 5.75 Å². The lowest BCUT2D eigenvalue weighted by molar-refractivity contribution is -0.137. The molecule has 35 heteroatoms. The van der Waals surface area contributed by atoms with E-state index < -0.39 is 101 Å². The lowest BCUT2D eigenvalue weighted by atomic mass is 9.81. The van der Waals surface area contributed by atoms with Gasteiger partial charge in [0.05, 0.1) is 122 Å². The topological polar surface area (TPSA) is 366 Å². The Morgan fingerprint density at radius 3 is 1.96 bits per heavy atom. The van der Waals surface area contributed by atoms with Gasteiger partial charge in [0.25, 0.3) is 29.2 Å². The standard InChI is InChI=1S/C86H92F4N10O19S2/c1-6-85(111)50(5)118-46-61-62(85)42-68-74-60(44-99(68)80(61)106)72-65(23-22-59-49(4)64(87)43-66(94-74)71(59)72)95-84(110)119-45-51-9-15-55(16-10-51)93-77(103)54(8-7-25-92-83(91)109)40-69(101)73(48(2)3)96-70(102)47-116-37-36-114-34-35-115-38-39-117-56-17-24-67(63(41-56)86(88,89)90)100-81(107)75(120-57-18-11-52(12-19-57)78(104)97-26-30-112-31-27-97)76(82(100)108)121-58-20-13-53(14-21-58)79(105)98-28-32-113-33-29-98/h9-21,24,41-43,48,54,65,73,111H,5-8,22-23,25-40,44-47H2,1-4H3,(H,93,103)(H,95,110)(H,96,102)(H3,91,92,109)/t54-,65+,73+,85-/m1/s1. The summed E-state index contributed by atoms with van der Waals surface area (Å²) in [5.74, 6) is -6.00. The van der Waals surface area contributed by atoms with Gasteiger partial charge in [0.1, 0.15) is 49.4 Å². The fourth-order valence-corrected chi connectivity index (χ4v) is 17.4. The monoisotopic (exact) mass is 1710 g/mol. The number of aryl methyl sites for hydroxylation is 1. The Kier molecular flexibility index (Phi) is 28.1. The molecule has 7 heterocycles. The lowest BCUT2D eigenvalue weighted by Crippen LogP contribution is -2.47. The normalized spacial score (nSPS) is 17.4. The van der Waals surface area contributed by atoms with E-state index in [0.29, 0.717) is 159 Å². The summed E-state index contributed by atoms with van der Waals surface area (Å²) in [7, 11) is 0. The van der Waals surface area contributed by atoms with Crippen molar-refractivity contribution in [2.45, 2.75) is 120 Å². The first-order valence-electron chi connectivity index (χ1n) is 39.7. The SMILES string of the molecule is C=C1OCc2c(cc3n(c2=O)Cc2c-3nc3cc(F)c(C)c4c3c2[C@@H](NC(=O)OCc2ccc(NC(=O)[C@H](CCCNC(N)=O)CC(=O)[C@@H](NC(=O)COCCOCCOCCOc3ccc(N5C(=O)C(Sc6ccc(C(=O)N7CCOCC7)cc6)=C(Sc6ccc(C(=O)N7CCOCC7)cc6)C5=O)c(C(F)(F)F)c3)C(C)C)cc2)CC4)[C@@]1(O)CC. The molecule has 6 aliphatic rings. The average Bonchev–Trinajstić information content (AvgIpc) is 1.57. The molecule has 2 aromatic heterocycles. The van der Waals surface area contributed by atoms with Gasteiger partial charge in [-0.25, -0.2) is 23.9 Å². The molecule has 2 fully saturated rings. The molecule has 9 amide bonds. The third-order valence-corrected chi connectivity index (χ3v) is 24.1. The van der Waals surface area contributed by atoms with E-state index in [1.165, 1.54) is 12.1 Å². The number of urea groups is 1. The molecular weight excluding hydrogens is 1620 g/mol. The second-order valence-corrected chi connectivity index (χ2v) is 32.2. The Morgan fingerprint density at radius 1 is 0.769 bits per heavy atom. The number of anilines is 2. The van der Waals surface area contributed by atoms with Crippen molar-refractivity contribution in [2.24, 2.45) is 17.6 Å². The average molecular weight is 1710 g/mol. The number of hydrogen-bond acceptors (Lipinski definition) is 22. The number of nitrogens with two attached hydrogens (primary N) is 1. The minimum absolute atomic E-state index is 0.0161. The molecule has 0 saturated carbocycles. The fourth-order valence-electron chi connectivity index (χ4n) is 15.4. The Hall–Kier alpha value is -11.1. The van der Waals surface area contributed by atoms with E-state index in [9.17, 15) is 53.1 Å². The number of aliphatic hydroxyl groups is 1. The molecule has 0 unspecified atom stereocenters. The molecule has 13 rings (SSSR count). The number of benzene rings is 5. The van der Waals surface area contributed by atoms with Crippen LogP contribution >= 0.6 is 23.5 Å². The van der Waals surface area contributed by atoms with Crippen LogP contribution in [0.3, 0.4) is 0 Å². The van der Waals surface area contributed by atoms with E-state index in [1.807, 2.05) is 0 Å². The number of aromatic nitrogens is 2. The smallest absolute Gasteiger partial charge is 0.418 e. The molecule has 7 aromatic rings. The van der Waals surface area contributed by atoms with Crippen molar-refractivity contribution < 1.29 is 104 Å². The van der Waals surface area contributed by atoms with Crippen LogP contribution in [0.25, 0.3) is 22.3 Å². The Balaban J connectivity index is 0.553. The number of hydrogen-bond donors (Lipinski definition) is 6. The number of primary amides is 1. The molecule has 4 atom stereocenters. The molecule has 1 aliphatic carbocycles. The molecule has 640 valence electrons. The first kappa shape index (κ1) is 87.8. The number of thioether (sulfide) groups is 2. The van der Waals surface area contributed by atoms with Gasteiger partial charge in [0.2, 0.25) is 11.8 Å². The van der Waals surface area contributed by atoms with Gasteiger partial charge in [0.15, 0.2) is 5.78 Å². The number of carbonyl (C=O) groups excluding carboxylic acids is 9. The Morgan fingerprint density at radius 2 is 1.37 bits per heavy atom. The number of imide groups is 1. The number of Topliss-reactive ketones (excluding diaryl/α,β-unsaturated/α-hetero) is 1. The van der Waals surface area contributed by atoms with Crippen LogP contribution in [-0.2, 0) is 95.1 Å². The molecule has 5 aliphatic heterocycles. The predicted octanol–water partition coefficient (Wildman–Crippen LogP) is 10.3. The summed E-state index contributed by atoms with van der Waals surface area (Å²) < 4.78 is 107. The largest absolute Gasteiger partial charge is 0.491 e. The molecule has 0 spiro atoms. The minimum Gasteiger partial charge on any atom is -0.491 e. The summed E-state index contributed by atoms with van der Waals surface area (Å²) in [6.45, 7) is 13.2. The second-order valence-electron chi connectivity index (χ2n) is 30.0. The number of fused-ring (bicyclic) bond motifs is 5. The van der Waals surface area contributed by atoms with Gasteiger partial charge < -0.3 is 84.4 Å². The van der Waals surface area contributed by atoms with E-state index in [4.69, 9.17) is 48.6 Å². The van der Waals surface area contributed by atoms with E-state index in [1.54, 1.807) is 121 Å². The van der Waals surface area contributed by atoms with Crippen molar-refractivity contribution in [1.82, 2.24) is 35.3 Å². The summed E-state index contributed by atoms with van der Waals surface area (Å²) in [5, 5.41) is 23.5. The van der Waals surface area contributed by atoms with E-state index in [2.05, 4.69) is 27.8 Å². The zero-order chi connectivity index (χ0) is 86.0. The maximum absolute atomic E-state index is 15.6. The summed E-state index contributed by atoms with van der Waals surface area (Å²) in [4.78, 5) is 146. The van der Waals surface area contributed by atoms with E-state index >= 15 is 17.6 Å². The molecular formula is C86H92F4N10O19S2. The highest BCUT2D eigenvalue weighted by atomic mass is 32.2. The highest BCUT2D eigenvalue weighted by Crippen LogP contribution is 2.50. The third-order valence-electron chi connectivity index (χ3n) is 21.8. The van der Waals surface area contributed by atoms with Crippen molar-refractivity contribution in [3.8, 4) is 17.1 Å². The summed E-state index contributed by atoms with van der Waals surface area (Å²) in [5.41, 5.74) is 7.28. The number of alkyl carbamates (subject to hydrolysis) is 1. The molecule has 0 radical (unpaired) electrons. The van der Waals surface area contributed by atoms with E-state index in [0.717, 1.165) is 35.2 Å².